The molecule has 0 bridgehead atoms. The van der Waals surface area contributed by atoms with Crippen molar-refractivity contribution < 1.29 is 9.18 Å². The lowest BCUT2D eigenvalue weighted by molar-refractivity contribution is 0.100. The molecule has 4 rings (SSSR count). The van der Waals surface area contributed by atoms with E-state index >= 15 is 0 Å². The summed E-state index contributed by atoms with van der Waals surface area (Å²) in [7, 11) is 0. The highest BCUT2D eigenvalue weighted by Gasteiger charge is 2.22. The van der Waals surface area contributed by atoms with Gasteiger partial charge >= 0.3 is 0 Å². The Kier molecular flexibility index (Phi) is 5.29. The molecule has 1 amide bonds. The Morgan fingerprint density at radius 1 is 1.24 bits per heavy atom. The Hall–Kier alpha value is -3.22. The Bertz CT molecular complexity index is 1040. The van der Waals surface area contributed by atoms with Gasteiger partial charge in [0.05, 0.1) is 11.1 Å². The van der Waals surface area contributed by atoms with Crippen LogP contribution in [0.1, 0.15) is 35.9 Å². The number of fused-ring (bicyclic) bond motifs is 1. The summed E-state index contributed by atoms with van der Waals surface area (Å²) in [6, 6.07) is 12.2. The van der Waals surface area contributed by atoms with Crippen molar-refractivity contribution in [3.05, 3.63) is 59.7 Å². The number of carbonyl (C=O) groups excluding carboxylic acids is 1. The van der Waals surface area contributed by atoms with Crippen molar-refractivity contribution in [2.45, 2.75) is 32.2 Å². The Morgan fingerprint density at radius 3 is 2.76 bits per heavy atom. The van der Waals surface area contributed by atoms with E-state index in [1.165, 1.54) is 12.1 Å². The van der Waals surface area contributed by atoms with Gasteiger partial charge in [-0.15, -0.1) is 0 Å². The number of aromatic nitrogens is 2. The number of rotatable bonds is 5. The maximum atomic E-state index is 13.2. The van der Waals surface area contributed by atoms with E-state index in [0.717, 1.165) is 42.8 Å². The lowest BCUT2D eigenvalue weighted by Crippen LogP contribution is -2.42. The van der Waals surface area contributed by atoms with Crippen LogP contribution in [0, 0.1) is 5.82 Å². The van der Waals surface area contributed by atoms with Gasteiger partial charge in [-0.2, -0.15) is 0 Å². The van der Waals surface area contributed by atoms with E-state index < -0.39 is 5.91 Å². The molecule has 6 nitrogen and oxygen atoms in total. The third-order valence-corrected chi connectivity index (χ3v) is 5.31. The third kappa shape index (κ3) is 3.99. The first-order valence-corrected chi connectivity index (χ1v) is 9.91. The van der Waals surface area contributed by atoms with Crippen LogP contribution in [0.3, 0.4) is 0 Å². The van der Waals surface area contributed by atoms with Crippen molar-refractivity contribution in [3.63, 3.8) is 0 Å². The van der Waals surface area contributed by atoms with Gasteiger partial charge in [-0.3, -0.25) is 4.79 Å². The van der Waals surface area contributed by atoms with Gasteiger partial charge in [0.15, 0.2) is 0 Å². The molecule has 1 saturated heterocycles. The fourth-order valence-corrected chi connectivity index (χ4v) is 3.84. The first-order chi connectivity index (χ1) is 14.0. The molecule has 1 unspecified atom stereocenters. The number of halogens is 1. The normalized spacial score (nSPS) is 16.8. The minimum atomic E-state index is -0.498. The maximum absolute atomic E-state index is 13.2. The second-order valence-electron chi connectivity index (χ2n) is 7.31. The Balaban J connectivity index is 1.64. The molecule has 29 heavy (non-hydrogen) atoms. The lowest BCUT2D eigenvalue weighted by Gasteiger charge is -2.35. The number of benzene rings is 2. The Morgan fingerprint density at radius 2 is 2.03 bits per heavy atom. The quantitative estimate of drug-likeness (QED) is 0.693. The average molecular weight is 393 g/mol. The molecule has 0 radical (unpaired) electrons. The maximum Gasteiger partial charge on any atom is 0.250 e. The fraction of sp³-hybridized carbons (Fsp3) is 0.318. The molecular formula is C22H24FN5O. The highest BCUT2D eigenvalue weighted by molar-refractivity contribution is 6.07. The van der Waals surface area contributed by atoms with Gasteiger partial charge in [0.1, 0.15) is 17.5 Å². The van der Waals surface area contributed by atoms with Crippen LogP contribution in [-0.4, -0.2) is 35.0 Å². The van der Waals surface area contributed by atoms with E-state index in [9.17, 15) is 9.18 Å². The minimum absolute atomic E-state index is 0.175. The van der Waals surface area contributed by atoms with Crippen molar-refractivity contribution >= 4 is 28.3 Å². The molecule has 0 spiro atoms. The zero-order valence-electron chi connectivity index (χ0n) is 16.4. The number of primary amides is 1. The van der Waals surface area contributed by atoms with E-state index in [-0.39, 0.29) is 11.9 Å². The van der Waals surface area contributed by atoms with E-state index in [2.05, 4.69) is 20.2 Å². The molecule has 2 heterocycles. The summed E-state index contributed by atoms with van der Waals surface area (Å²) >= 11 is 0. The SMILES string of the molecule is CCc1nc(NC2CCCN(c3ccc(F)cc3)C2)c2cccc(C(N)=O)c2n1. The number of hydrogen-bond acceptors (Lipinski definition) is 5. The van der Waals surface area contributed by atoms with Gasteiger partial charge in [0.25, 0.3) is 5.91 Å². The summed E-state index contributed by atoms with van der Waals surface area (Å²) in [5, 5.41) is 4.35. The first-order valence-electron chi connectivity index (χ1n) is 9.91. The van der Waals surface area contributed by atoms with Crippen molar-refractivity contribution in [1.82, 2.24) is 9.97 Å². The van der Waals surface area contributed by atoms with Crippen LogP contribution in [0.25, 0.3) is 10.9 Å². The molecule has 3 aromatic rings. The number of nitrogens with zero attached hydrogens (tertiary/aromatic N) is 3. The molecule has 150 valence electrons. The molecule has 1 fully saturated rings. The van der Waals surface area contributed by atoms with Crippen LogP contribution in [0.15, 0.2) is 42.5 Å². The number of amides is 1. The number of para-hydroxylation sites is 1. The Labute approximate surface area is 168 Å². The van der Waals surface area contributed by atoms with Gasteiger partial charge in [-0.05, 0) is 49.2 Å². The van der Waals surface area contributed by atoms with Gasteiger partial charge in [-0.25, -0.2) is 14.4 Å². The highest BCUT2D eigenvalue weighted by Crippen LogP contribution is 2.27. The molecule has 7 heteroatoms. The van der Waals surface area contributed by atoms with Gasteiger partial charge in [0, 0.05) is 36.6 Å². The lowest BCUT2D eigenvalue weighted by atomic mass is 10.0. The molecule has 2 aromatic carbocycles. The molecular weight excluding hydrogens is 369 g/mol. The standard InChI is InChI=1S/C22H24FN5O/c1-2-19-26-20-17(21(24)29)6-3-7-18(20)22(27-19)25-15-5-4-12-28(13-15)16-10-8-14(23)9-11-16/h3,6-11,15H,2,4-5,12-13H2,1H3,(H2,24,29)(H,25,26,27). The number of carbonyl (C=O) groups is 1. The predicted octanol–water partition coefficient (Wildman–Crippen LogP) is 3.51. The molecule has 1 aliphatic rings. The van der Waals surface area contributed by atoms with Crippen LogP contribution in [0.5, 0.6) is 0 Å². The smallest absolute Gasteiger partial charge is 0.250 e. The summed E-state index contributed by atoms with van der Waals surface area (Å²) in [5.41, 5.74) is 7.54. The highest BCUT2D eigenvalue weighted by atomic mass is 19.1. The minimum Gasteiger partial charge on any atom is -0.369 e. The van der Waals surface area contributed by atoms with Gasteiger partial charge in [0.2, 0.25) is 0 Å². The molecule has 0 aliphatic carbocycles. The number of piperidine rings is 1. The molecule has 1 aromatic heterocycles. The average Bonchev–Trinajstić information content (AvgIpc) is 2.73. The number of aryl methyl sites for hydroxylation is 1. The molecule has 3 N–H and O–H groups in total. The predicted molar refractivity (Wildman–Crippen MR) is 113 cm³/mol. The summed E-state index contributed by atoms with van der Waals surface area (Å²) in [6.45, 7) is 3.70. The second-order valence-corrected chi connectivity index (χ2v) is 7.31. The van der Waals surface area contributed by atoms with Crippen molar-refractivity contribution in [2.75, 3.05) is 23.3 Å². The van der Waals surface area contributed by atoms with Crippen molar-refractivity contribution in [1.29, 1.82) is 0 Å². The topological polar surface area (TPSA) is 84.1 Å². The van der Waals surface area contributed by atoms with E-state index in [1.807, 2.05) is 25.1 Å². The van der Waals surface area contributed by atoms with Gasteiger partial charge in [-0.1, -0.05) is 13.0 Å². The largest absolute Gasteiger partial charge is 0.369 e. The number of nitrogens with one attached hydrogen (secondary N) is 1. The van der Waals surface area contributed by atoms with Gasteiger partial charge < -0.3 is 16.0 Å². The molecule has 0 saturated carbocycles. The number of anilines is 2. The summed E-state index contributed by atoms with van der Waals surface area (Å²) in [4.78, 5) is 23.3. The van der Waals surface area contributed by atoms with Crippen LogP contribution >= 0.6 is 0 Å². The van der Waals surface area contributed by atoms with Crippen molar-refractivity contribution in [3.8, 4) is 0 Å². The number of nitrogens with two attached hydrogens (primary N) is 1. The van der Waals surface area contributed by atoms with E-state index in [0.29, 0.717) is 23.3 Å². The summed E-state index contributed by atoms with van der Waals surface area (Å²) in [5.74, 6) is 0.661. The van der Waals surface area contributed by atoms with E-state index in [4.69, 9.17) is 5.73 Å². The van der Waals surface area contributed by atoms with Crippen LogP contribution < -0.4 is 16.0 Å². The molecule has 1 aliphatic heterocycles. The zero-order valence-corrected chi connectivity index (χ0v) is 16.4. The fourth-order valence-electron chi connectivity index (χ4n) is 3.84. The van der Waals surface area contributed by atoms with Crippen LogP contribution in [-0.2, 0) is 6.42 Å². The summed E-state index contributed by atoms with van der Waals surface area (Å²) in [6.07, 6.45) is 2.68. The first kappa shape index (κ1) is 19.1. The summed E-state index contributed by atoms with van der Waals surface area (Å²) < 4.78 is 13.2. The monoisotopic (exact) mass is 393 g/mol. The third-order valence-electron chi connectivity index (χ3n) is 5.31. The van der Waals surface area contributed by atoms with E-state index in [1.54, 1.807) is 12.1 Å². The number of hydrogen-bond donors (Lipinski definition) is 2. The van der Waals surface area contributed by atoms with Crippen LogP contribution in [0.4, 0.5) is 15.9 Å². The zero-order chi connectivity index (χ0) is 20.4. The van der Waals surface area contributed by atoms with Crippen molar-refractivity contribution in [2.24, 2.45) is 5.73 Å². The molecule has 1 atom stereocenters. The van der Waals surface area contributed by atoms with Crippen LogP contribution in [0.2, 0.25) is 0 Å². The second kappa shape index (κ2) is 8.03.